The average Bonchev–Trinajstić information content (AvgIpc) is 2.47. The molecule has 1 aromatic rings. The molecular formula is C16H25ClN2OS. The molecule has 2 rings (SSSR count). The summed E-state index contributed by atoms with van der Waals surface area (Å²) < 4.78 is 0. The van der Waals surface area contributed by atoms with E-state index in [2.05, 4.69) is 24.4 Å². The highest BCUT2D eigenvalue weighted by Crippen LogP contribution is 2.23. The van der Waals surface area contributed by atoms with E-state index >= 15 is 0 Å². The molecule has 1 aromatic carbocycles. The highest BCUT2D eigenvalue weighted by atomic mass is 35.5. The Morgan fingerprint density at radius 1 is 1.43 bits per heavy atom. The van der Waals surface area contributed by atoms with E-state index in [-0.39, 0.29) is 18.3 Å². The van der Waals surface area contributed by atoms with Crippen molar-refractivity contribution in [3.8, 4) is 0 Å². The Morgan fingerprint density at radius 2 is 2.19 bits per heavy atom. The number of rotatable bonds is 5. The zero-order valence-corrected chi connectivity index (χ0v) is 14.4. The van der Waals surface area contributed by atoms with Crippen LogP contribution in [0.3, 0.4) is 0 Å². The average molecular weight is 329 g/mol. The minimum absolute atomic E-state index is 0. The third kappa shape index (κ3) is 5.53. The number of hydrogen-bond acceptors (Lipinski definition) is 3. The summed E-state index contributed by atoms with van der Waals surface area (Å²) in [7, 11) is 1.98. The van der Waals surface area contributed by atoms with Crippen molar-refractivity contribution < 1.29 is 4.79 Å². The molecule has 118 valence electrons. The van der Waals surface area contributed by atoms with Gasteiger partial charge in [-0.3, -0.25) is 4.79 Å². The van der Waals surface area contributed by atoms with Crippen molar-refractivity contribution in [2.45, 2.75) is 24.7 Å². The summed E-state index contributed by atoms with van der Waals surface area (Å²) in [6.07, 6.45) is 2.36. The largest absolute Gasteiger partial charge is 0.342 e. The molecule has 0 bridgehead atoms. The summed E-state index contributed by atoms with van der Waals surface area (Å²) in [6, 6.07) is 8.25. The maximum atomic E-state index is 12.3. The van der Waals surface area contributed by atoms with Crippen LogP contribution < -0.4 is 5.32 Å². The number of nitrogens with zero attached hydrogens (tertiary/aromatic N) is 1. The molecule has 1 atom stereocenters. The molecular weight excluding hydrogens is 304 g/mol. The zero-order chi connectivity index (χ0) is 14.4. The van der Waals surface area contributed by atoms with Gasteiger partial charge in [-0.1, -0.05) is 18.2 Å². The predicted molar refractivity (Wildman–Crippen MR) is 92.4 cm³/mol. The maximum absolute atomic E-state index is 12.3. The number of aryl methyl sites for hydroxylation is 1. The fourth-order valence-corrected chi connectivity index (χ4v) is 3.63. The molecule has 1 aliphatic rings. The number of likely N-dealkylation sites (tertiary alicyclic amines) is 1. The van der Waals surface area contributed by atoms with Gasteiger partial charge in [0.25, 0.3) is 0 Å². The smallest absolute Gasteiger partial charge is 0.232 e. The minimum atomic E-state index is 0. The molecule has 1 amide bonds. The first kappa shape index (κ1) is 18.3. The first-order chi connectivity index (χ1) is 9.70. The molecule has 21 heavy (non-hydrogen) atoms. The quantitative estimate of drug-likeness (QED) is 0.843. The zero-order valence-electron chi connectivity index (χ0n) is 12.8. The van der Waals surface area contributed by atoms with Gasteiger partial charge in [-0.05, 0) is 50.9 Å². The molecule has 0 spiro atoms. The molecule has 0 aliphatic carbocycles. The number of halogens is 1. The Balaban J connectivity index is 0.00000220. The van der Waals surface area contributed by atoms with E-state index in [0.717, 1.165) is 26.1 Å². The first-order valence-corrected chi connectivity index (χ1v) is 8.30. The highest BCUT2D eigenvalue weighted by molar-refractivity contribution is 8.00. The number of carbonyl (C=O) groups excluding carboxylic acids is 1. The Bertz CT molecular complexity index is 454. The lowest BCUT2D eigenvalue weighted by molar-refractivity contribution is -0.130. The Labute approximate surface area is 138 Å². The van der Waals surface area contributed by atoms with Crippen LogP contribution in [-0.2, 0) is 4.79 Å². The van der Waals surface area contributed by atoms with E-state index in [1.54, 1.807) is 11.8 Å². The number of benzene rings is 1. The lowest BCUT2D eigenvalue weighted by atomic mass is 9.98. The van der Waals surface area contributed by atoms with Crippen LogP contribution in [0.1, 0.15) is 18.4 Å². The van der Waals surface area contributed by atoms with Gasteiger partial charge in [-0.2, -0.15) is 0 Å². The van der Waals surface area contributed by atoms with Gasteiger partial charge < -0.3 is 10.2 Å². The lowest BCUT2D eigenvalue weighted by Gasteiger charge is -2.32. The summed E-state index contributed by atoms with van der Waals surface area (Å²) in [5.41, 5.74) is 1.25. The maximum Gasteiger partial charge on any atom is 0.232 e. The third-order valence-electron chi connectivity index (χ3n) is 3.81. The van der Waals surface area contributed by atoms with Crippen LogP contribution in [0.4, 0.5) is 0 Å². The molecule has 0 aromatic heterocycles. The molecule has 1 fully saturated rings. The van der Waals surface area contributed by atoms with Gasteiger partial charge in [-0.15, -0.1) is 24.2 Å². The number of amides is 1. The fraction of sp³-hybridized carbons (Fsp3) is 0.562. The van der Waals surface area contributed by atoms with Crippen LogP contribution in [0, 0.1) is 12.8 Å². The Hall–Kier alpha value is -0.710. The van der Waals surface area contributed by atoms with Gasteiger partial charge in [0.15, 0.2) is 0 Å². The molecule has 3 nitrogen and oxygen atoms in total. The molecule has 1 unspecified atom stereocenters. The minimum Gasteiger partial charge on any atom is -0.342 e. The SMILES string of the molecule is CNCC1CCCN(C(=O)CSc2ccccc2C)C1.Cl. The summed E-state index contributed by atoms with van der Waals surface area (Å²) >= 11 is 1.66. The lowest BCUT2D eigenvalue weighted by Crippen LogP contribution is -2.43. The van der Waals surface area contributed by atoms with Crippen LogP contribution >= 0.6 is 24.2 Å². The van der Waals surface area contributed by atoms with Crippen molar-refractivity contribution in [2.75, 3.05) is 32.4 Å². The van der Waals surface area contributed by atoms with Gasteiger partial charge in [0, 0.05) is 18.0 Å². The third-order valence-corrected chi connectivity index (χ3v) is 4.97. The van der Waals surface area contributed by atoms with Crippen LogP contribution in [0.25, 0.3) is 0 Å². The first-order valence-electron chi connectivity index (χ1n) is 7.31. The number of nitrogens with one attached hydrogen (secondary N) is 1. The van der Waals surface area contributed by atoms with Gasteiger partial charge in [0.1, 0.15) is 0 Å². The molecule has 0 saturated carbocycles. The van der Waals surface area contributed by atoms with Crippen LogP contribution in [0.5, 0.6) is 0 Å². The van der Waals surface area contributed by atoms with Crippen molar-refractivity contribution in [1.29, 1.82) is 0 Å². The monoisotopic (exact) mass is 328 g/mol. The van der Waals surface area contributed by atoms with Crippen LogP contribution in [0.2, 0.25) is 0 Å². The van der Waals surface area contributed by atoms with Crippen LogP contribution in [-0.4, -0.2) is 43.2 Å². The molecule has 1 heterocycles. The molecule has 1 saturated heterocycles. The normalized spacial score (nSPS) is 18.2. The number of hydrogen-bond donors (Lipinski definition) is 1. The van der Waals surface area contributed by atoms with E-state index in [0.29, 0.717) is 11.7 Å². The fourth-order valence-electron chi connectivity index (χ4n) is 2.70. The summed E-state index contributed by atoms with van der Waals surface area (Å²) in [4.78, 5) is 15.6. The van der Waals surface area contributed by atoms with Crippen molar-refractivity contribution >= 4 is 30.1 Å². The summed E-state index contributed by atoms with van der Waals surface area (Å²) in [5, 5.41) is 3.22. The Morgan fingerprint density at radius 3 is 2.90 bits per heavy atom. The van der Waals surface area contributed by atoms with E-state index in [1.807, 2.05) is 24.1 Å². The van der Waals surface area contributed by atoms with Gasteiger partial charge in [-0.25, -0.2) is 0 Å². The van der Waals surface area contributed by atoms with Crippen LogP contribution in [0.15, 0.2) is 29.2 Å². The van der Waals surface area contributed by atoms with Crippen molar-refractivity contribution in [3.63, 3.8) is 0 Å². The predicted octanol–water partition coefficient (Wildman–Crippen LogP) is 2.97. The Kier molecular flexibility index (Phi) is 8.15. The second-order valence-corrected chi connectivity index (χ2v) is 6.48. The summed E-state index contributed by atoms with van der Waals surface area (Å²) in [6.45, 7) is 4.94. The van der Waals surface area contributed by atoms with E-state index in [1.165, 1.54) is 16.9 Å². The van der Waals surface area contributed by atoms with E-state index in [9.17, 15) is 4.79 Å². The molecule has 1 N–H and O–H groups in total. The molecule has 5 heteroatoms. The van der Waals surface area contributed by atoms with Gasteiger partial charge >= 0.3 is 0 Å². The summed E-state index contributed by atoms with van der Waals surface area (Å²) in [5.74, 6) is 1.44. The second-order valence-electron chi connectivity index (χ2n) is 5.46. The van der Waals surface area contributed by atoms with Gasteiger partial charge in [0.2, 0.25) is 5.91 Å². The molecule has 1 aliphatic heterocycles. The highest BCUT2D eigenvalue weighted by Gasteiger charge is 2.23. The second kappa shape index (κ2) is 9.34. The van der Waals surface area contributed by atoms with Crippen molar-refractivity contribution in [2.24, 2.45) is 5.92 Å². The van der Waals surface area contributed by atoms with Crippen molar-refractivity contribution in [3.05, 3.63) is 29.8 Å². The number of thioether (sulfide) groups is 1. The molecule has 0 radical (unpaired) electrons. The topological polar surface area (TPSA) is 32.3 Å². The van der Waals surface area contributed by atoms with E-state index < -0.39 is 0 Å². The number of piperidine rings is 1. The number of carbonyl (C=O) groups is 1. The standard InChI is InChI=1S/C16H24N2OS.ClH/c1-13-6-3-4-8-15(13)20-12-16(19)18-9-5-7-14(11-18)10-17-2;/h3-4,6,8,14,17H,5,7,9-12H2,1-2H3;1H. The van der Waals surface area contributed by atoms with Crippen molar-refractivity contribution in [1.82, 2.24) is 10.2 Å². The van der Waals surface area contributed by atoms with E-state index in [4.69, 9.17) is 0 Å². The van der Waals surface area contributed by atoms with Gasteiger partial charge in [0.05, 0.1) is 5.75 Å².